The van der Waals surface area contributed by atoms with Gasteiger partial charge in [-0.2, -0.15) is 0 Å². The molecule has 0 amide bonds. The average Bonchev–Trinajstić information content (AvgIpc) is 2.37. The summed E-state index contributed by atoms with van der Waals surface area (Å²) in [4.78, 5) is 3.98. The minimum absolute atomic E-state index is 0.167. The molecule has 6 heteroatoms. The van der Waals surface area contributed by atoms with Crippen LogP contribution in [0.2, 0.25) is 0 Å². The largest absolute Gasteiger partial charge is 0.493 e. The second-order valence-corrected chi connectivity index (χ2v) is 4.33. The van der Waals surface area contributed by atoms with Gasteiger partial charge in [-0.1, -0.05) is 11.8 Å². The first kappa shape index (κ1) is 14.4. The molecule has 1 aromatic rings. The molecule has 5 nitrogen and oxygen atoms in total. The molecule has 0 aromatic heterocycles. The SMILES string of the molecule is COc1cc(/C(N)=N/C(=N)SC)cc(C)c1OC. The fourth-order valence-corrected chi connectivity index (χ4v) is 1.71. The molecule has 0 spiro atoms. The van der Waals surface area contributed by atoms with Crippen molar-refractivity contribution in [2.24, 2.45) is 10.7 Å². The third-order valence-electron chi connectivity index (χ3n) is 2.38. The van der Waals surface area contributed by atoms with Crippen molar-refractivity contribution in [1.29, 1.82) is 5.41 Å². The van der Waals surface area contributed by atoms with Gasteiger partial charge in [0.05, 0.1) is 14.2 Å². The normalized spacial score (nSPS) is 11.2. The van der Waals surface area contributed by atoms with E-state index in [0.29, 0.717) is 22.9 Å². The van der Waals surface area contributed by atoms with Crippen molar-refractivity contribution in [2.75, 3.05) is 20.5 Å². The zero-order chi connectivity index (χ0) is 13.7. The van der Waals surface area contributed by atoms with E-state index in [1.807, 2.05) is 13.0 Å². The lowest BCUT2D eigenvalue weighted by Gasteiger charge is -2.12. The Labute approximate surface area is 111 Å². The highest BCUT2D eigenvalue weighted by atomic mass is 32.2. The van der Waals surface area contributed by atoms with Crippen LogP contribution in [0.5, 0.6) is 11.5 Å². The van der Waals surface area contributed by atoms with Gasteiger partial charge in [-0.15, -0.1) is 0 Å². The number of ether oxygens (including phenoxy) is 2. The van der Waals surface area contributed by atoms with E-state index in [9.17, 15) is 0 Å². The fourth-order valence-electron chi connectivity index (χ4n) is 1.52. The lowest BCUT2D eigenvalue weighted by atomic mass is 10.1. The average molecular weight is 267 g/mol. The molecule has 0 atom stereocenters. The summed E-state index contributed by atoms with van der Waals surface area (Å²) in [5.41, 5.74) is 7.47. The molecule has 98 valence electrons. The van der Waals surface area contributed by atoms with E-state index in [1.165, 1.54) is 11.8 Å². The minimum atomic E-state index is 0.167. The van der Waals surface area contributed by atoms with Crippen LogP contribution in [-0.4, -0.2) is 31.5 Å². The van der Waals surface area contributed by atoms with Crippen molar-refractivity contribution in [3.8, 4) is 11.5 Å². The topological polar surface area (TPSA) is 80.7 Å². The standard InChI is InChI=1S/C12H17N3O2S/c1-7-5-8(11(13)15-12(14)18-4)6-9(16-2)10(7)17-3/h5-6H,1-4H3,(H3,13,14,15). The van der Waals surface area contributed by atoms with Crippen molar-refractivity contribution in [3.63, 3.8) is 0 Å². The maximum absolute atomic E-state index is 7.49. The Bertz CT molecular complexity index is 486. The second kappa shape index (κ2) is 6.30. The number of nitrogens with zero attached hydrogens (tertiary/aromatic N) is 1. The van der Waals surface area contributed by atoms with Crippen LogP contribution in [0.1, 0.15) is 11.1 Å². The predicted molar refractivity (Wildman–Crippen MR) is 76.2 cm³/mol. The Kier molecular flexibility index (Phi) is 5.03. The first-order valence-corrected chi connectivity index (χ1v) is 6.45. The minimum Gasteiger partial charge on any atom is -0.493 e. The number of nitrogens with one attached hydrogen (secondary N) is 1. The number of hydrogen-bond donors (Lipinski definition) is 2. The maximum atomic E-state index is 7.49. The molecule has 0 saturated carbocycles. The lowest BCUT2D eigenvalue weighted by molar-refractivity contribution is 0.353. The predicted octanol–water partition coefficient (Wildman–Crippen LogP) is 2.02. The first-order chi connectivity index (χ1) is 8.53. The Morgan fingerprint density at radius 2 is 2.00 bits per heavy atom. The van der Waals surface area contributed by atoms with Gasteiger partial charge in [-0.25, -0.2) is 4.99 Å². The molecule has 0 fully saturated rings. The Hall–Kier alpha value is -1.69. The van der Waals surface area contributed by atoms with Crippen molar-refractivity contribution in [3.05, 3.63) is 23.3 Å². The summed E-state index contributed by atoms with van der Waals surface area (Å²) in [6, 6.07) is 3.60. The van der Waals surface area contributed by atoms with Crippen LogP contribution in [0.4, 0.5) is 0 Å². The van der Waals surface area contributed by atoms with Crippen molar-refractivity contribution < 1.29 is 9.47 Å². The number of benzene rings is 1. The summed E-state index contributed by atoms with van der Waals surface area (Å²) >= 11 is 1.23. The maximum Gasteiger partial charge on any atom is 0.181 e. The summed E-state index contributed by atoms with van der Waals surface area (Å²) in [5.74, 6) is 1.56. The third-order valence-corrected chi connectivity index (χ3v) is 2.85. The molecule has 0 aliphatic heterocycles. The van der Waals surface area contributed by atoms with E-state index >= 15 is 0 Å². The molecule has 0 radical (unpaired) electrons. The quantitative estimate of drug-likeness (QED) is 0.648. The van der Waals surface area contributed by atoms with Crippen LogP contribution < -0.4 is 15.2 Å². The zero-order valence-corrected chi connectivity index (χ0v) is 11.7. The number of amidine groups is 2. The molecule has 0 aliphatic carbocycles. The van der Waals surface area contributed by atoms with E-state index in [-0.39, 0.29) is 5.17 Å². The van der Waals surface area contributed by atoms with Gasteiger partial charge in [-0.05, 0) is 30.9 Å². The summed E-state index contributed by atoms with van der Waals surface area (Å²) < 4.78 is 10.5. The zero-order valence-electron chi connectivity index (χ0n) is 10.9. The van der Waals surface area contributed by atoms with Crippen molar-refractivity contribution in [2.45, 2.75) is 6.92 Å². The third kappa shape index (κ3) is 3.16. The summed E-state index contributed by atoms with van der Waals surface area (Å²) in [6.07, 6.45) is 1.78. The van der Waals surface area contributed by atoms with Crippen LogP contribution in [0.25, 0.3) is 0 Å². The fraction of sp³-hybridized carbons (Fsp3) is 0.333. The molecule has 1 rings (SSSR count). The highest BCUT2D eigenvalue weighted by Gasteiger charge is 2.11. The van der Waals surface area contributed by atoms with Crippen LogP contribution >= 0.6 is 11.8 Å². The molecule has 0 heterocycles. The number of thioether (sulfide) groups is 1. The van der Waals surface area contributed by atoms with Gasteiger partial charge in [0.1, 0.15) is 5.84 Å². The summed E-state index contributed by atoms with van der Waals surface area (Å²) in [5, 5.41) is 7.65. The molecule has 0 bridgehead atoms. The Morgan fingerprint density at radius 1 is 1.33 bits per heavy atom. The van der Waals surface area contributed by atoms with Gasteiger partial charge >= 0.3 is 0 Å². The van der Waals surface area contributed by atoms with Crippen LogP contribution in [0.3, 0.4) is 0 Å². The van der Waals surface area contributed by atoms with E-state index < -0.39 is 0 Å². The Balaban J connectivity index is 3.23. The van der Waals surface area contributed by atoms with Crippen LogP contribution in [-0.2, 0) is 0 Å². The number of hydrogen-bond acceptors (Lipinski definition) is 4. The number of methoxy groups -OCH3 is 2. The van der Waals surface area contributed by atoms with Crippen LogP contribution in [0, 0.1) is 12.3 Å². The molecular weight excluding hydrogens is 250 g/mol. The highest BCUT2D eigenvalue weighted by Crippen LogP contribution is 2.31. The molecule has 0 saturated heterocycles. The first-order valence-electron chi connectivity index (χ1n) is 5.23. The van der Waals surface area contributed by atoms with Gasteiger partial charge in [0.25, 0.3) is 0 Å². The van der Waals surface area contributed by atoms with Gasteiger partial charge in [-0.3, -0.25) is 5.41 Å². The van der Waals surface area contributed by atoms with E-state index in [1.54, 1.807) is 26.5 Å². The van der Waals surface area contributed by atoms with Gasteiger partial charge in [0.2, 0.25) is 0 Å². The number of nitrogens with two attached hydrogens (primary N) is 1. The number of aliphatic imine (C=N–C) groups is 1. The van der Waals surface area contributed by atoms with Gasteiger partial charge in [0, 0.05) is 5.56 Å². The number of aryl methyl sites for hydroxylation is 1. The summed E-state index contributed by atoms with van der Waals surface area (Å²) in [6.45, 7) is 1.90. The Morgan fingerprint density at radius 3 is 2.50 bits per heavy atom. The van der Waals surface area contributed by atoms with E-state index in [4.69, 9.17) is 20.6 Å². The molecular formula is C12H17N3O2S. The van der Waals surface area contributed by atoms with Crippen LogP contribution in [0.15, 0.2) is 17.1 Å². The highest BCUT2D eigenvalue weighted by molar-refractivity contribution is 8.13. The monoisotopic (exact) mass is 267 g/mol. The van der Waals surface area contributed by atoms with Crippen molar-refractivity contribution >= 4 is 22.8 Å². The van der Waals surface area contributed by atoms with E-state index in [0.717, 1.165) is 5.56 Å². The van der Waals surface area contributed by atoms with Gasteiger partial charge < -0.3 is 15.2 Å². The molecule has 0 aliphatic rings. The van der Waals surface area contributed by atoms with E-state index in [2.05, 4.69) is 4.99 Å². The lowest BCUT2D eigenvalue weighted by Crippen LogP contribution is -2.15. The van der Waals surface area contributed by atoms with Crippen molar-refractivity contribution in [1.82, 2.24) is 0 Å². The molecule has 1 aromatic carbocycles. The van der Waals surface area contributed by atoms with Gasteiger partial charge in [0.15, 0.2) is 16.7 Å². The molecule has 0 unspecified atom stereocenters. The number of rotatable bonds is 3. The molecule has 18 heavy (non-hydrogen) atoms. The summed E-state index contributed by atoms with van der Waals surface area (Å²) in [7, 11) is 3.16. The second-order valence-electron chi connectivity index (χ2n) is 3.53. The molecule has 3 N–H and O–H groups in total. The smallest absolute Gasteiger partial charge is 0.181 e.